The van der Waals surface area contributed by atoms with Gasteiger partial charge in [0.25, 0.3) is 5.91 Å². The summed E-state index contributed by atoms with van der Waals surface area (Å²) in [6, 6.07) is 3.93. The van der Waals surface area contributed by atoms with Crippen LogP contribution in [0.25, 0.3) is 0 Å². The summed E-state index contributed by atoms with van der Waals surface area (Å²) < 4.78 is 3.83. The minimum atomic E-state index is 0.0424. The number of hydrogen-bond acceptors (Lipinski definition) is 3. The van der Waals surface area contributed by atoms with Crippen molar-refractivity contribution in [3.63, 3.8) is 0 Å². The maximum atomic E-state index is 13.3. The first-order chi connectivity index (χ1) is 13.9. The van der Waals surface area contributed by atoms with E-state index >= 15 is 0 Å². The van der Waals surface area contributed by atoms with Gasteiger partial charge in [-0.1, -0.05) is 64.7 Å². The number of unbranched alkanes of at least 4 members (excludes halogenated alkanes) is 9. The second kappa shape index (κ2) is 14.0. The molecule has 8 heteroatoms. The Morgan fingerprint density at radius 2 is 1.31 bits per heavy atom. The van der Waals surface area contributed by atoms with Crippen molar-refractivity contribution in [3.8, 4) is 0 Å². The van der Waals surface area contributed by atoms with E-state index in [0.717, 1.165) is 40.2 Å². The van der Waals surface area contributed by atoms with Crippen molar-refractivity contribution in [1.82, 2.24) is 0 Å². The van der Waals surface area contributed by atoms with Crippen molar-refractivity contribution < 1.29 is 4.79 Å². The third-order valence-electron chi connectivity index (χ3n) is 4.80. The van der Waals surface area contributed by atoms with Crippen LogP contribution in [0.15, 0.2) is 27.3 Å². The highest BCUT2D eigenvalue weighted by molar-refractivity contribution is 9.12. The summed E-state index contributed by atoms with van der Waals surface area (Å²) in [6.45, 7) is 2.99. The molecule has 0 spiro atoms. The zero-order valence-corrected chi connectivity index (χ0v) is 24.6. The SMILES string of the molecule is CCCCCCCCCCCCN(C(=O)c1cc(Br)sc1Br)c1cc(Br)sc1Br. The molecule has 2 heterocycles. The maximum Gasteiger partial charge on any atom is 0.260 e. The molecule has 2 aromatic heterocycles. The molecule has 0 saturated heterocycles. The van der Waals surface area contributed by atoms with Crippen LogP contribution in [0.4, 0.5) is 5.69 Å². The van der Waals surface area contributed by atoms with Crippen LogP contribution in [-0.2, 0) is 0 Å². The molecule has 0 aliphatic heterocycles. The first-order valence-electron chi connectivity index (χ1n) is 10.2. The molecule has 0 aliphatic rings. The van der Waals surface area contributed by atoms with Gasteiger partial charge in [0.15, 0.2) is 0 Å². The third-order valence-corrected chi connectivity index (χ3v) is 9.44. The summed E-state index contributed by atoms with van der Waals surface area (Å²) >= 11 is 17.3. The average molecular weight is 693 g/mol. The van der Waals surface area contributed by atoms with Crippen molar-refractivity contribution in [2.75, 3.05) is 11.4 Å². The molecular formula is C21H27Br4NOS2. The van der Waals surface area contributed by atoms with Gasteiger partial charge in [-0.3, -0.25) is 4.79 Å². The standard InChI is InChI=1S/C21H27Br4NOS2/c1-2-3-4-5-6-7-8-9-10-11-12-26(16-14-18(23)29-20(16)25)21(27)15-13-17(22)28-19(15)24/h13-14H,2-12H2,1H3. The fourth-order valence-electron chi connectivity index (χ4n) is 3.24. The van der Waals surface area contributed by atoms with E-state index in [1.807, 2.05) is 17.0 Å². The number of thiophene rings is 2. The molecule has 0 bridgehead atoms. The van der Waals surface area contributed by atoms with Gasteiger partial charge in [-0.05, 0) is 82.3 Å². The van der Waals surface area contributed by atoms with Gasteiger partial charge in [0.05, 0.1) is 26.4 Å². The van der Waals surface area contributed by atoms with Crippen molar-refractivity contribution in [1.29, 1.82) is 0 Å². The van der Waals surface area contributed by atoms with Crippen LogP contribution in [-0.4, -0.2) is 12.5 Å². The van der Waals surface area contributed by atoms with Gasteiger partial charge in [-0.2, -0.15) is 0 Å². The van der Waals surface area contributed by atoms with Crippen LogP contribution in [0, 0.1) is 0 Å². The number of hydrogen-bond donors (Lipinski definition) is 0. The van der Waals surface area contributed by atoms with E-state index in [9.17, 15) is 4.79 Å². The van der Waals surface area contributed by atoms with E-state index < -0.39 is 0 Å². The molecule has 0 atom stereocenters. The number of rotatable bonds is 13. The van der Waals surface area contributed by atoms with Gasteiger partial charge in [0.1, 0.15) is 0 Å². The highest BCUT2D eigenvalue weighted by Gasteiger charge is 2.24. The predicted octanol–water partition coefficient (Wildman–Crippen LogP) is 10.4. The minimum absolute atomic E-state index is 0.0424. The van der Waals surface area contributed by atoms with Gasteiger partial charge < -0.3 is 4.90 Å². The number of anilines is 1. The minimum Gasteiger partial charge on any atom is -0.306 e. The topological polar surface area (TPSA) is 20.3 Å². The summed E-state index contributed by atoms with van der Waals surface area (Å²) in [5, 5.41) is 0. The quantitative estimate of drug-likeness (QED) is 0.191. The largest absolute Gasteiger partial charge is 0.306 e. The van der Waals surface area contributed by atoms with E-state index in [0.29, 0.717) is 5.56 Å². The molecular weight excluding hydrogens is 666 g/mol. The number of amides is 1. The van der Waals surface area contributed by atoms with Crippen molar-refractivity contribution >= 4 is 98.0 Å². The Kier molecular flexibility index (Phi) is 12.6. The second-order valence-electron chi connectivity index (χ2n) is 7.09. The molecule has 0 N–H and O–H groups in total. The lowest BCUT2D eigenvalue weighted by molar-refractivity contribution is 0.0986. The lowest BCUT2D eigenvalue weighted by Gasteiger charge is -2.22. The number of nitrogens with zero attached hydrogens (tertiary/aromatic N) is 1. The molecule has 162 valence electrons. The van der Waals surface area contributed by atoms with Crippen molar-refractivity contribution in [2.45, 2.75) is 71.1 Å². The molecule has 2 nitrogen and oxygen atoms in total. The van der Waals surface area contributed by atoms with Gasteiger partial charge >= 0.3 is 0 Å². The van der Waals surface area contributed by atoms with Crippen molar-refractivity contribution in [2.24, 2.45) is 0 Å². The fraction of sp³-hybridized carbons (Fsp3) is 0.571. The molecule has 0 saturated carbocycles. The summed E-state index contributed by atoms with van der Waals surface area (Å²) in [5.74, 6) is 0.0424. The van der Waals surface area contributed by atoms with Crippen LogP contribution in [0.2, 0.25) is 0 Å². The van der Waals surface area contributed by atoms with Crippen molar-refractivity contribution in [3.05, 3.63) is 32.8 Å². The highest BCUT2D eigenvalue weighted by atomic mass is 79.9. The summed E-state index contributed by atoms with van der Waals surface area (Å²) in [5.41, 5.74) is 1.65. The first-order valence-corrected chi connectivity index (χ1v) is 15.0. The van der Waals surface area contributed by atoms with E-state index in [2.05, 4.69) is 70.6 Å². The Morgan fingerprint density at radius 1 is 0.793 bits per heavy atom. The Morgan fingerprint density at radius 3 is 1.79 bits per heavy atom. The molecule has 2 rings (SSSR count). The molecule has 1 amide bonds. The van der Waals surface area contributed by atoms with Crippen LogP contribution < -0.4 is 4.90 Å². The maximum absolute atomic E-state index is 13.3. The second-order valence-corrected chi connectivity index (χ2v) is 14.6. The fourth-order valence-corrected chi connectivity index (χ4v) is 8.83. The Balaban J connectivity index is 1.88. The normalized spacial score (nSPS) is 11.2. The van der Waals surface area contributed by atoms with Gasteiger partial charge in [0, 0.05) is 6.54 Å². The summed E-state index contributed by atoms with van der Waals surface area (Å²) in [4.78, 5) is 15.2. The smallest absolute Gasteiger partial charge is 0.260 e. The third kappa shape index (κ3) is 8.68. The molecule has 0 unspecified atom stereocenters. The van der Waals surface area contributed by atoms with E-state index in [1.165, 1.54) is 62.7 Å². The van der Waals surface area contributed by atoms with E-state index in [-0.39, 0.29) is 5.91 Å². The van der Waals surface area contributed by atoms with Gasteiger partial charge in [-0.25, -0.2) is 0 Å². The Hall–Kier alpha value is 0.790. The monoisotopic (exact) mass is 689 g/mol. The van der Waals surface area contributed by atoms with Crippen LogP contribution in [0.1, 0.15) is 81.5 Å². The highest BCUT2D eigenvalue weighted by Crippen LogP contribution is 2.40. The number of halogens is 4. The average Bonchev–Trinajstić information content (AvgIpc) is 3.19. The predicted molar refractivity (Wildman–Crippen MR) is 143 cm³/mol. The van der Waals surface area contributed by atoms with Gasteiger partial charge in [-0.15, -0.1) is 22.7 Å². The lowest BCUT2D eigenvalue weighted by Crippen LogP contribution is -2.31. The Labute approximate surface area is 216 Å². The molecule has 0 fully saturated rings. The molecule has 29 heavy (non-hydrogen) atoms. The molecule has 0 aliphatic carbocycles. The zero-order chi connectivity index (χ0) is 21.2. The molecule has 2 aromatic rings. The Bertz CT molecular complexity index is 775. The summed E-state index contributed by atoms with van der Waals surface area (Å²) in [6.07, 6.45) is 12.9. The van der Waals surface area contributed by atoms with Crippen LogP contribution >= 0.6 is 86.4 Å². The molecule has 0 radical (unpaired) electrons. The molecule has 0 aromatic carbocycles. The van der Waals surface area contributed by atoms with Gasteiger partial charge in [0.2, 0.25) is 0 Å². The lowest BCUT2D eigenvalue weighted by atomic mass is 10.1. The van der Waals surface area contributed by atoms with E-state index in [1.54, 1.807) is 11.3 Å². The number of carbonyl (C=O) groups excluding carboxylic acids is 1. The number of carbonyl (C=O) groups is 1. The van der Waals surface area contributed by atoms with Crippen LogP contribution in [0.3, 0.4) is 0 Å². The summed E-state index contributed by atoms with van der Waals surface area (Å²) in [7, 11) is 0. The zero-order valence-electron chi connectivity index (χ0n) is 16.6. The first kappa shape index (κ1) is 26.0. The van der Waals surface area contributed by atoms with Crippen LogP contribution in [0.5, 0.6) is 0 Å². The van der Waals surface area contributed by atoms with E-state index in [4.69, 9.17) is 0 Å².